The van der Waals surface area contributed by atoms with Crippen molar-refractivity contribution in [3.63, 3.8) is 0 Å². The maximum Gasteiger partial charge on any atom is 0.152 e. The summed E-state index contributed by atoms with van der Waals surface area (Å²) in [5.41, 5.74) is 6.42. The van der Waals surface area contributed by atoms with E-state index >= 15 is 0 Å². The molecule has 154 valence electrons. The van der Waals surface area contributed by atoms with Gasteiger partial charge in [0.05, 0.1) is 0 Å². The van der Waals surface area contributed by atoms with Crippen LogP contribution >= 0.6 is 0 Å². The van der Waals surface area contributed by atoms with Crippen molar-refractivity contribution >= 4 is 22.7 Å². The van der Waals surface area contributed by atoms with Crippen molar-refractivity contribution in [2.45, 2.75) is 27.7 Å². The van der Waals surface area contributed by atoms with Gasteiger partial charge in [-0.2, -0.15) is 0 Å². The fourth-order valence-electron chi connectivity index (χ4n) is 2.58. The van der Waals surface area contributed by atoms with Crippen LogP contribution in [0.25, 0.3) is 0 Å². The second-order valence-corrected chi connectivity index (χ2v) is 6.28. The summed E-state index contributed by atoms with van der Waals surface area (Å²) in [4.78, 5) is 10.4. The molecule has 0 bridgehead atoms. The van der Waals surface area contributed by atoms with Crippen LogP contribution in [0.4, 0.5) is 22.7 Å². The van der Waals surface area contributed by atoms with E-state index in [0.717, 1.165) is 34.9 Å². The summed E-state index contributed by atoms with van der Waals surface area (Å²) >= 11 is 0. The molecule has 0 saturated heterocycles. The van der Waals surface area contributed by atoms with Gasteiger partial charge in [-0.15, -0.1) is 0 Å². The highest BCUT2D eigenvalue weighted by Gasteiger charge is 2.01. The van der Waals surface area contributed by atoms with Crippen LogP contribution in [0.2, 0.25) is 0 Å². The molecule has 0 amide bonds. The van der Waals surface area contributed by atoms with Gasteiger partial charge in [0, 0.05) is 35.9 Å². The van der Waals surface area contributed by atoms with Crippen molar-refractivity contribution < 1.29 is 14.5 Å². The van der Waals surface area contributed by atoms with Gasteiger partial charge in [0.25, 0.3) is 0 Å². The molecule has 0 radical (unpaired) electrons. The van der Waals surface area contributed by atoms with Crippen LogP contribution in [0.5, 0.6) is 0 Å². The molecule has 0 aromatic heterocycles. The Bertz CT molecular complexity index is 725. The second kappa shape index (κ2) is 12.1. The van der Waals surface area contributed by atoms with Crippen molar-refractivity contribution in [1.29, 1.82) is 0 Å². The molecule has 2 rings (SSSR count). The highest BCUT2D eigenvalue weighted by atomic mass is 17.2. The van der Waals surface area contributed by atoms with Gasteiger partial charge in [-0.25, -0.2) is 9.78 Å². The minimum absolute atomic E-state index is 0.242. The summed E-state index contributed by atoms with van der Waals surface area (Å²) in [5.74, 6) is 0. The number of ether oxygens (including phenoxy) is 1. The molecule has 28 heavy (non-hydrogen) atoms. The van der Waals surface area contributed by atoms with E-state index in [-0.39, 0.29) is 13.5 Å². The highest BCUT2D eigenvalue weighted by molar-refractivity contribution is 5.61. The summed E-state index contributed by atoms with van der Waals surface area (Å²) in [6, 6.07) is 12.2. The fraction of sp³-hybridized carbons (Fsp3) is 0.429. The lowest BCUT2D eigenvalue weighted by molar-refractivity contribution is -0.284. The molecule has 0 unspecified atom stereocenters. The summed E-state index contributed by atoms with van der Waals surface area (Å²) in [6.45, 7) is 10.7. The molecule has 7 nitrogen and oxygen atoms in total. The van der Waals surface area contributed by atoms with Crippen LogP contribution in [0.3, 0.4) is 0 Å². The molecule has 0 aliphatic rings. The first kappa shape index (κ1) is 21.8. The Balaban J connectivity index is 1.69. The lowest BCUT2D eigenvalue weighted by Gasteiger charge is -2.13. The van der Waals surface area contributed by atoms with Crippen molar-refractivity contribution in [1.82, 2.24) is 0 Å². The van der Waals surface area contributed by atoms with Crippen LogP contribution in [0.1, 0.15) is 25.0 Å². The van der Waals surface area contributed by atoms with Crippen LogP contribution in [-0.4, -0.2) is 33.3 Å². The smallest absolute Gasteiger partial charge is 0.152 e. The number of aryl methyl sites for hydroxylation is 2. The zero-order chi connectivity index (χ0) is 20.2. The summed E-state index contributed by atoms with van der Waals surface area (Å²) in [5, 5.41) is 12.9. The Hall–Kier alpha value is -2.48. The molecule has 0 aliphatic carbocycles. The number of hydrogen-bond acceptors (Lipinski definition) is 7. The lowest BCUT2D eigenvalue weighted by Crippen LogP contribution is -2.12. The Labute approximate surface area is 167 Å². The minimum atomic E-state index is 0.242. The number of hydrogen-bond donors (Lipinski definition) is 4. The molecule has 4 N–H and O–H groups in total. The van der Waals surface area contributed by atoms with E-state index in [1.165, 1.54) is 5.56 Å². The third kappa shape index (κ3) is 7.26. The van der Waals surface area contributed by atoms with E-state index in [9.17, 15) is 0 Å². The van der Waals surface area contributed by atoms with Crippen molar-refractivity contribution in [2.24, 2.45) is 0 Å². The number of rotatable bonds is 13. The van der Waals surface area contributed by atoms with Gasteiger partial charge < -0.3 is 26.0 Å². The molecule has 0 heterocycles. The van der Waals surface area contributed by atoms with Crippen LogP contribution in [-0.2, 0) is 14.5 Å². The molecule has 0 spiro atoms. The predicted molar refractivity (Wildman–Crippen MR) is 116 cm³/mol. The van der Waals surface area contributed by atoms with Crippen LogP contribution < -0.4 is 21.3 Å². The molecule has 0 atom stereocenters. The standard InChI is InChI=1S/C21H32N4O3/c1-5-22-20-11-18(9-7-16(20)3)23-14-27-28-15-24-19-10-8-17(4)21(12-19)25-13-26-6-2/h7-12,22-25H,5-6,13-15H2,1-4H3. The molecular weight excluding hydrogens is 356 g/mol. The molecule has 0 fully saturated rings. The maximum atomic E-state index is 5.33. The monoisotopic (exact) mass is 388 g/mol. The van der Waals surface area contributed by atoms with Gasteiger partial charge in [0.15, 0.2) is 13.5 Å². The highest BCUT2D eigenvalue weighted by Crippen LogP contribution is 2.21. The van der Waals surface area contributed by atoms with E-state index in [2.05, 4.69) is 54.2 Å². The van der Waals surface area contributed by atoms with E-state index in [0.29, 0.717) is 13.3 Å². The van der Waals surface area contributed by atoms with E-state index in [1.54, 1.807) is 0 Å². The summed E-state index contributed by atoms with van der Waals surface area (Å²) < 4.78 is 5.33. The fourth-order valence-corrected chi connectivity index (χ4v) is 2.58. The van der Waals surface area contributed by atoms with Crippen molar-refractivity contribution in [3.8, 4) is 0 Å². The van der Waals surface area contributed by atoms with Crippen molar-refractivity contribution in [2.75, 3.05) is 54.6 Å². The average Bonchev–Trinajstić information content (AvgIpc) is 2.69. The topological polar surface area (TPSA) is 75.8 Å². The third-order valence-corrected chi connectivity index (χ3v) is 4.16. The Kier molecular flexibility index (Phi) is 9.41. The number of anilines is 4. The van der Waals surface area contributed by atoms with E-state index in [4.69, 9.17) is 14.5 Å². The zero-order valence-electron chi connectivity index (χ0n) is 17.2. The van der Waals surface area contributed by atoms with Gasteiger partial charge in [0.1, 0.15) is 6.73 Å². The van der Waals surface area contributed by atoms with Gasteiger partial charge in [-0.1, -0.05) is 12.1 Å². The Morgan fingerprint density at radius 2 is 1.21 bits per heavy atom. The first-order valence-corrected chi connectivity index (χ1v) is 9.63. The van der Waals surface area contributed by atoms with Crippen LogP contribution in [0, 0.1) is 13.8 Å². The molecule has 2 aromatic rings. The van der Waals surface area contributed by atoms with Gasteiger partial charge >= 0.3 is 0 Å². The molecule has 7 heteroatoms. The molecule has 0 saturated carbocycles. The number of nitrogens with one attached hydrogen (secondary N) is 4. The molecule has 0 aliphatic heterocycles. The Morgan fingerprint density at radius 1 is 0.679 bits per heavy atom. The molecule has 2 aromatic carbocycles. The van der Waals surface area contributed by atoms with E-state index < -0.39 is 0 Å². The summed E-state index contributed by atoms with van der Waals surface area (Å²) in [6.07, 6.45) is 0. The first-order chi connectivity index (χ1) is 13.6. The SMILES string of the molecule is CCNc1cc(NCOOCNc2ccc(C)c(NCOCC)c2)ccc1C. The maximum absolute atomic E-state index is 5.33. The third-order valence-electron chi connectivity index (χ3n) is 4.16. The lowest BCUT2D eigenvalue weighted by atomic mass is 10.2. The summed E-state index contributed by atoms with van der Waals surface area (Å²) in [7, 11) is 0. The van der Waals surface area contributed by atoms with E-state index in [1.807, 2.05) is 31.2 Å². The molecular formula is C21H32N4O3. The number of benzene rings is 2. The van der Waals surface area contributed by atoms with Gasteiger partial charge in [0.2, 0.25) is 0 Å². The largest absolute Gasteiger partial charge is 0.385 e. The van der Waals surface area contributed by atoms with Crippen LogP contribution in [0.15, 0.2) is 36.4 Å². The van der Waals surface area contributed by atoms with Gasteiger partial charge in [-0.3, -0.25) is 0 Å². The normalized spacial score (nSPS) is 10.6. The van der Waals surface area contributed by atoms with Crippen molar-refractivity contribution in [3.05, 3.63) is 47.5 Å². The minimum Gasteiger partial charge on any atom is -0.385 e. The van der Waals surface area contributed by atoms with Gasteiger partial charge in [-0.05, 0) is 63.1 Å². The Morgan fingerprint density at radius 3 is 1.71 bits per heavy atom. The average molecular weight is 389 g/mol. The first-order valence-electron chi connectivity index (χ1n) is 9.63. The quantitative estimate of drug-likeness (QED) is 0.174. The zero-order valence-corrected chi connectivity index (χ0v) is 17.2. The second-order valence-electron chi connectivity index (χ2n) is 6.28. The predicted octanol–water partition coefficient (Wildman–Crippen LogP) is 4.53.